The standard InChI is InChI=1S/C15H23NO2/c1-12(18)7-14-8-15(11-17)16(10-14)9-13-5-3-2-4-6-13/h2-6,12,14-15,17-18H,7-11H2,1H3/t12?,14-,15+/m1/s1. The Morgan fingerprint density at radius 1 is 1.33 bits per heavy atom. The molecule has 0 saturated carbocycles. The van der Waals surface area contributed by atoms with Crippen molar-refractivity contribution in [3.63, 3.8) is 0 Å². The number of aliphatic hydroxyl groups excluding tert-OH is 2. The highest BCUT2D eigenvalue weighted by Gasteiger charge is 2.31. The molecule has 3 nitrogen and oxygen atoms in total. The normalized spacial score (nSPS) is 26.4. The molecule has 1 fully saturated rings. The largest absolute Gasteiger partial charge is 0.395 e. The van der Waals surface area contributed by atoms with E-state index in [2.05, 4.69) is 17.0 Å². The maximum absolute atomic E-state index is 9.47. The highest BCUT2D eigenvalue weighted by Crippen LogP contribution is 2.28. The summed E-state index contributed by atoms with van der Waals surface area (Å²) in [4.78, 5) is 2.34. The first-order chi connectivity index (χ1) is 8.69. The highest BCUT2D eigenvalue weighted by atomic mass is 16.3. The molecule has 0 radical (unpaired) electrons. The van der Waals surface area contributed by atoms with E-state index in [0.717, 1.165) is 25.9 Å². The van der Waals surface area contributed by atoms with E-state index in [0.29, 0.717) is 5.92 Å². The number of hydrogen-bond acceptors (Lipinski definition) is 3. The molecule has 1 aliphatic rings. The Morgan fingerprint density at radius 3 is 2.67 bits per heavy atom. The minimum Gasteiger partial charge on any atom is -0.395 e. The quantitative estimate of drug-likeness (QED) is 0.834. The third-order valence-corrected chi connectivity index (χ3v) is 3.73. The van der Waals surface area contributed by atoms with Gasteiger partial charge in [0.2, 0.25) is 0 Å². The van der Waals surface area contributed by atoms with Crippen LogP contribution in [0, 0.1) is 5.92 Å². The Kier molecular flexibility index (Phi) is 4.75. The first kappa shape index (κ1) is 13.5. The summed E-state index contributed by atoms with van der Waals surface area (Å²) in [6.45, 7) is 3.92. The first-order valence-corrected chi connectivity index (χ1v) is 6.76. The summed E-state index contributed by atoms with van der Waals surface area (Å²) >= 11 is 0. The fourth-order valence-corrected chi connectivity index (χ4v) is 2.94. The van der Waals surface area contributed by atoms with E-state index in [1.807, 2.05) is 25.1 Å². The predicted molar refractivity (Wildman–Crippen MR) is 72.1 cm³/mol. The van der Waals surface area contributed by atoms with Crippen molar-refractivity contribution in [3.8, 4) is 0 Å². The van der Waals surface area contributed by atoms with Crippen molar-refractivity contribution in [2.45, 2.75) is 38.5 Å². The topological polar surface area (TPSA) is 43.7 Å². The molecule has 3 heteroatoms. The molecule has 2 rings (SSSR count). The molecule has 1 saturated heterocycles. The molecule has 0 amide bonds. The van der Waals surface area contributed by atoms with Crippen LogP contribution < -0.4 is 0 Å². The molecular weight excluding hydrogens is 226 g/mol. The smallest absolute Gasteiger partial charge is 0.0587 e. The zero-order chi connectivity index (χ0) is 13.0. The van der Waals surface area contributed by atoms with Gasteiger partial charge < -0.3 is 10.2 Å². The van der Waals surface area contributed by atoms with Crippen molar-refractivity contribution in [2.75, 3.05) is 13.2 Å². The fraction of sp³-hybridized carbons (Fsp3) is 0.600. The van der Waals surface area contributed by atoms with Gasteiger partial charge in [-0.15, -0.1) is 0 Å². The Hall–Kier alpha value is -0.900. The Labute approximate surface area is 109 Å². The molecule has 1 aromatic rings. The van der Waals surface area contributed by atoms with E-state index in [4.69, 9.17) is 0 Å². The second-order valence-corrected chi connectivity index (χ2v) is 5.44. The number of rotatable bonds is 5. The van der Waals surface area contributed by atoms with Crippen LogP contribution in [0.2, 0.25) is 0 Å². The third kappa shape index (κ3) is 3.55. The highest BCUT2D eigenvalue weighted by molar-refractivity contribution is 5.15. The van der Waals surface area contributed by atoms with Gasteiger partial charge in [-0.1, -0.05) is 30.3 Å². The Balaban J connectivity index is 1.95. The molecule has 0 aromatic heterocycles. The second-order valence-electron chi connectivity index (χ2n) is 5.44. The average molecular weight is 249 g/mol. The van der Waals surface area contributed by atoms with Gasteiger partial charge in [0.05, 0.1) is 12.7 Å². The minimum atomic E-state index is -0.244. The summed E-state index contributed by atoms with van der Waals surface area (Å²) in [7, 11) is 0. The lowest BCUT2D eigenvalue weighted by Gasteiger charge is -2.22. The van der Waals surface area contributed by atoms with E-state index in [9.17, 15) is 10.2 Å². The van der Waals surface area contributed by atoms with Crippen molar-refractivity contribution in [2.24, 2.45) is 5.92 Å². The lowest BCUT2D eigenvalue weighted by atomic mass is 9.99. The van der Waals surface area contributed by atoms with Crippen LogP contribution in [0.4, 0.5) is 0 Å². The van der Waals surface area contributed by atoms with Crippen molar-refractivity contribution < 1.29 is 10.2 Å². The molecular formula is C15H23NO2. The Bertz CT molecular complexity index is 353. The summed E-state index contributed by atoms with van der Waals surface area (Å²) in [6.07, 6.45) is 1.58. The number of hydrogen-bond donors (Lipinski definition) is 2. The zero-order valence-electron chi connectivity index (χ0n) is 11.0. The monoisotopic (exact) mass is 249 g/mol. The number of benzene rings is 1. The van der Waals surface area contributed by atoms with Gasteiger partial charge in [-0.3, -0.25) is 4.90 Å². The van der Waals surface area contributed by atoms with Gasteiger partial charge in [0.25, 0.3) is 0 Å². The van der Waals surface area contributed by atoms with Crippen molar-refractivity contribution >= 4 is 0 Å². The molecule has 2 N–H and O–H groups in total. The van der Waals surface area contributed by atoms with E-state index in [1.165, 1.54) is 5.56 Å². The van der Waals surface area contributed by atoms with E-state index in [-0.39, 0.29) is 18.8 Å². The van der Waals surface area contributed by atoms with Crippen LogP contribution >= 0.6 is 0 Å². The first-order valence-electron chi connectivity index (χ1n) is 6.76. The molecule has 18 heavy (non-hydrogen) atoms. The van der Waals surface area contributed by atoms with Crippen molar-refractivity contribution in [1.29, 1.82) is 0 Å². The number of nitrogens with zero attached hydrogens (tertiary/aromatic N) is 1. The predicted octanol–water partition coefficient (Wildman–Crippen LogP) is 1.64. The molecule has 3 atom stereocenters. The van der Waals surface area contributed by atoms with E-state index >= 15 is 0 Å². The van der Waals surface area contributed by atoms with Gasteiger partial charge in [0.1, 0.15) is 0 Å². The van der Waals surface area contributed by atoms with Crippen LogP contribution in [0.1, 0.15) is 25.3 Å². The maximum Gasteiger partial charge on any atom is 0.0587 e. The third-order valence-electron chi connectivity index (χ3n) is 3.73. The van der Waals surface area contributed by atoms with Gasteiger partial charge in [-0.25, -0.2) is 0 Å². The molecule has 1 aliphatic heterocycles. The molecule has 1 unspecified atom stereocenters. The van der Waals surface area contributed by atoms with Crippen LogP contribution in [0.3, 0.4) is 0 Å². The van der Waals surface area contributed by atoms with Gasteiger partial charge in [0, 0.05) is 19.1 Å². The fourth-order valence-electron chi connectivity index (χ4n) is 2.94. The minimum absolute atomic E-state index is 0.211. The van der Waals surface area contributed by atoms with Crippen LogP contribution in [0.15, 0.2) is 30.3 Å². The van der Waals surface area contributed by atoms with Gasteiger partial charge >= 0.3 is 0 Å². The summed E-state index contributed by atoms with van der Waals surface area (Å²) in [6, 6.07) is 10.6. The molecule has 0 aliphatic carbocycles. The number of aliphatic hydroxyl groups is 2. The zero-order valence-corrected chi connectivity index (χ0v) is 11.0. The van der Waals surface area contributed by atoms with Crippen LogP contribution in [0.25, 0.3) is 0 Å². The van der Waals surface area contributed by atoms with Gasteiger partial charge in [-0.2, -0.15) is 0 Å². The van der Waals surface area contributed by atoms with Crippen LogP contribution in [-0.4, -0.2) is 40.4 Å². The molecule has 1 heterocycles. The SMILES string of the molecule is CC(O)C[C@@H]1C[C@@H](CO)N(Cc2ccccc2)C1. The molecule has 1 aromatic carbocycles. The van der Waals surface area contributed by atoms with E-state index < -0.39 is 0 Å². The van der Waals surface area contributed by atoms with Crippen molar-refractivity contribution in [3.05, 3.63) is 35.9 Å². The average Bonchev–Trinajstić information content (AvgIpc) is 2.71. The molecule has 0 spiro atoms. The molecule has 0 bridgehead atoms. The van der Waals surface area contributed by atoms with Crippen molar-refractivity contribution in [1.82, 2.24) is 4.90 Å². The molecule has 100 valence electrons. The summed E-state index contributed by atoms with van der Waals surface area (Å²) in [5.41, 5.74) is 1.29. The summed E-state index contributed by atoms with van der Waals surface area (Å²) < 4.78 is 0. The van der Waals surface area contributed by atoms with Crippen LogP contribution in [-0.2, 0) is 6.54 Å². The van der Waals surface area contributed by atoms with Crippen LogP contribution in [0.5, 0.6) is 0 Å². The lowest BCUT2D eigenvalue weighted by Crippen LogP contribution is -2.31. The maximum atomic E-state index is 9.47. The summed E-state index contributed by atoms with van der Waals surface area (Å²) in [5, 5.41) is 18.9. The Morgan fingerprint density at radius 2 is 2.06 bits per heavy atom. The second kappa shape index (κ2) is 6.32. The van der Waals surface area contributed by atoms with E-state index in [1.54, 1.807) is 0 Å². The lowest BCUT2D eigenvalue weighted by molar-refractivity contribution is 0.151. The van der Waals surface area contributed by atoms with Gasteiger partial charge in [-0.05, 0) is 31.2 Å². The summed E-state index contributed by atoms with van der Waals surface area (Å²) in [5.74, 6) is 0.505. The van der Waals surface area contributed by atoms with Gasteiger partial charge in [0.15, 0.2) is 0 Å². The number of likely N-dealkylation sites (tertiary alicyclic amines) is 1.